The van der Waals surface area contributed by atoms with E-state index in [1.807, 2.05) is 4.90 Å². The summed E-state index contributed by atoms with van der Waals surface area (Å²) < 4.78 is 13.1. The van der Waals surface area contributed by atoms with Crippen LogP contribution in [-0.4, -0.2) is 47.9 Å². The van der Waals surface area contributed by atoms with Crippen LogP contribution in [0.3, 0.4) is 0 Å². The second kappa shape index (κ2) is 5.93. The maximum Gasteiger partial charge on any atom is 0.255 e. The van der Waals surface area contributed by atoms with Gasteiger partial charge in [-0.3, -0.25) is 9.69 Å². The average Bonchev–Trinajstić information content (AvgIpc) is 3.31. The van der Waals surface area contributed by atoms with Crippen LogP contribution in [0.2, 0.25) is 5.02 Å². The molecule has 1 aromatic rings. The van der Waals surface area contributed by atoms with E-state index < -0.39 is 5.82 Å². The highest BCUT2D eigenvalue weighted by Crippen LogP contribution is 2.35. The van der Waals surface area contributed by atoms with E-state index in [1.165, 1.54) is 31.0 Å². The number of amides is 1. The largest absolute Gasteiger partial charge is 0.336 e. The molecule has 114 valence electrons. The van der Waals surface area contributed by atoms with Crippen molar-refractivity contribution in [2.24, 2.45) is 5.92 Å². The number of nitrogens with zero attached hydrogens (tertiary/aromatic N) is 2. The summed E-state index contributed by atoms with van der Waals surface area (Å²) in [6, 6.07) is 4.57. The highest BCUT2D eigenvalue weighted by molar-refractivity contribution is 6.33. The summed E-state index contributed by atoms with van der Waals surface area (Å²) in [5.74, 6) is 0.331. The maximum absolute atomic E-state index is 13.1. The summed E-state index contributed by atoms with van der Waals surface area (Å²) in [7, 11) is 0. The molecule has 0 aromatic heterocycles. The summed E-state index contributed by atoms with van der Waals surface area (Å²) in [4.78, 5) is 16.7. The first-order valence-electron chi connectivity index (χ1n) is 7.54. The second-order valence-corrected chi connectivity index (χ2v) is 6.44. The van der Waals surface area contributed by atoms with E-state index >= 15 is 0 Å². The molecule has 1 aliphatic carbocycles. The smallest absolute Gasteiger partial charge is 0.255 e. The van der Waals surface area contributed by atoms with Crippen molar-refractivity contribution in [3.63, 3.8) is 0 Å². The zero-order valence-electron chi connectivity index (χ0n) is 12.2. The van der Waals surface area contributed by atoms with E-state index in [2.05, 4.69) is 11.8 Å². The molecule has 1 aliphatic heterocycles. The Morgan fingerprint density at radius 3 is 2.52 bits per heavy atom. The monoisotopic (exact) mass is 310 g/mol. The van der Waals surface area contributed by atoms with Crippen LogP contribution in [0.25, 0.3) is 0 Å². The number of hydrogen-bond donors (Lipinski definition) is 0. The Bertz CT molecular complexity index is 539. The lowest BCUT2D eigenvalue weighted by molar-refractivity contribution is 0.0564. The minimum atomic E-state index is -0.417. The van der Waals surface area contributed by atoms with Gasteiger partial charge in [-0.25, -0.2) is 4.39 Å². The Hall–Kier alpha value is -1.13. The SMILES string of the molecule is C[C@H](C1CC1)N1CCN(C(=O)c2ccc(F)cc2Cl)CC1. The molecule has 2 aliphatic rings. The lowest BCUT2D eigenvalue weighted by atomic mass is 10.1. The molecular weight excluding hydrogens is 291 g/mol. The highest BCUT2D eigenvalue weighted by atomic mass is 35.5. The van der Waals surface area contributed by atoms with Gasteiger partial charge in [0.25, 0.3) is 5.91 Å². The first kappa shape index (κ1) is 14.8. The Kier molecular flexibility index (Phi) is 4.18. The van der Waals surface area contributed by atoms with Crippen molar-refractivity contribution in [3.8, 4) is 0 Å². The predicted octanol–water partition coefficient (Wildman–Crippen LogP) is 3.04. The number of halogens is 2. The van der Waals surface area contributed by atoms with E-state index in [0.717, 1.165) is 19.0 Å². The predicted molar refractivity (Wildman–Crippen MR) is 81.1 cm³/mol. The van der Waals surface area contributed by atoms with Gasteiger partial charge in [0.05, 0.1) is 10.6 Å². The zero-order valence-corrected chi connectivity index (χ0v) is 12.9. The summed E-state index contributed by atoms with van der Waals surface area (Å²) in [6.07, 6.45) is 2.68. The number of carbonyl (C=O) groups excluding carboxylic acids is 1. The summed E-state index contributed by atoms with van der Waals surface area (Å²) in [5.41, 5.74) is 0.391. The first-order chi connectivity index (χ1) is 10.1. The molecule has 1 amide bonds. The van der Waals surface area contributed by atoms with Gasteiger partial charge < -0.3 is 4.90 Å². The number of rotatable bonds is 3. The van der Waals surface area contributed by atoms with Crippen LogP contribution in [0.15, 0.2) is 18.2 Å². The van der Waals surface area contributed by atoms with Crippen molar-refractivity contribution >= 4 is 17.5 Å². The van der Waals surface area contributed by atoms with Crippen LogP contribution in [0, 0.1) is 11.7 Å². The molecular formula is C16H20ClFN2O. The van der Waals surface area contributed by atoms with Gasteiger partial charge in [-0.1, -0.05) is 11.6 Å². The minimum Gasteiger partial charge on any atom is -0.336 e. The van der Waals surface area contributed by atoms with Crippen molar-refractivity contribution < 1.29 is 9.18 Å². The summed E-state index contributed by atoms with van der Waals surface area (Å²) in [5, 5.41) is 0.189. The fraction of sp³-hybridized carbons (Fsp3) is 0.562. The molecule has 0 bridgehead atoms. The lowest BCUT2D eigenvalue weighted by Crippen LogP contribution is -2.51. The van der Waals surface area contributed by atoms with Crippen LogP contribution in [0.5, 0.6) is 0 Å². The normalized spacial score (nSPS) is 21.4. The fourth-order valence-electron chi connectivity index (χ4n) is 3.04. The Balaban J connectivity index is 1.62. The highest BCUT2D eigenvalue weighted by Gasteiger charge is 2.34. The Labute approximate surface area is 129 Å². The number of piperazine rings is 1. The van der Waals surface area contributed by atoms with Crippen LogP contribution in [-0.2, 0) is 0 Å². The molecule has 3 rings (SSSR count). The van der Waals surface area contributed by atoms with Gasteiger partial charge in [0, 0.05) is 32.2 Å². The standard InChI is InChI=1S/C16H20ClFN2O/c1-11(12-2-3-12)19-6-8-20(9-7-19)16(21)14-5-4-13(18)10-15(14)17/h4-5,10-12H,2-3,6-9H2,1H3/t11-/m1/s1. The summed E-state index contributed by atoms with van der Waals surface area (Å²) in [6.45, 7) is 5.52. The van der Waals surface area contributed by atoms with Crippen molar-refractivity contribution in [2.75, 3.05) is 26.2 Å². The van der Waals surface area contributed by atoms with Gasteiger partial charge in [-0.05, 0) is 43.9 Å². The van der Waals surface area contributed by atoms with Gasteiger partial charge in [0.1, 0.15) is 5.82 Å². The van der Waals surface area contributed by atoms with Gasteiger partial charge in [-0.15, -0.1) is 0 Å². The van der Waals surface area contributed by atoms with Gasteiger partial charge in [0.2, 0.25) is 0 Å². The molecule has 1 heterocycles. The molecule has 5 heteroatoms. The molecule has 0 radical (unpaired) electrons. The van der Waals surface area contributed by atoms with E-state index in [1.54, 1.807) is 0 Å². The van der Waals surface area contributed by atoms with Crippen molar-refractivity contribution in [3.05, 3.63) is 34.6 Å². The topological polar surface area (TPSA) is 23.6 Å². The Morgan fingerprint density at radius 2 is 1.95 bits per heavy atom. The summed E-state index contributed by atoms with van der Waals surface area (Å²) >= 11 is 5.97. The third-order valence-corrected chi connectivity index (χ3v) is 4.96. The first-order valence-corrected chi connectivity index (χ1v) is 7.92. The number of benzene rings is 1. The molecule has 0 unspecified atom stereocenters. The molecule has 3 nitrogen and oxygen atoms in total. The van der Waals surface area contributed by atoms with Gasteiger partial charge in [-0.2, -0.15) is 0 Å². The molecule has 0 N–H and O–H groups in total. The van der Waals surface area contributed by atoms with Gasteiger partial charge in [0.15, 0.2) is 0 Å². The van der Waals surface area contributed by atoms with E-state index in [9.17, 15) is 9.18 Å². The Morgan fingerprint density at radius 1 is 1.29 bits per heavy atom. The lowest BCUT2D eigenvalue weighted by Gasteiger charge is -2.38. The number of carbonyl (C=O) groups is 1. The third-order valence-electron chi connectivity index (χ3n) is 4.64. The fourth-order valence-corrected chi connectivity index (χ4v) is 3.29. The van der Waals surface area contributed by atoms with E-state index in [0.29, 0.717) is 24.7 Å². The van der Waals surface area contributed by atoms with E-state index in [-0.39, 0.29) is 10.9 Å². The maximum atomic E-state index is 13.1. The van der Waals surface area contributed by atoms with Crippen LogP contribution >= 0.6 is 11.6 Å². The van der Waals surface area contributed by atoms with Crippen LogP contribution < -0.4 is 0 Å². The minimum absolute atomic E-state index is 0.0984. The van der Waals surface area contributed by atoms with Crippen molar-refractivity contribution in [1.29, 1.82) is 0 Å². The molecule has 0 spiro atoms. The molecule has 1 saturated heterocycles. The van der Waals surface area contributed by atoms with Crippen molar-refractivity contribution in [2.45, 2.75) is 25.8 Å². The molecule has 1 saturated carbocycles. The van der Waals surface area contributed by atoms with Crippen molar-refractivity contribution in [1.82, 2.24) is 9.80 Å². The van der Waals surface area contributed by atoms with Gasteiger partial charge >= 0.3 is 0 Å². The molecule has 2 fully saturated rings. The zero-order chi connectivity index (χ0) is 15.0. The molecule has 1 aromatic carbocycles. The second-order valence-electron chi connectivity index (χ2n) is 6.03. The molecule has 21 heavy (non-hydrogen) atoms. The van der Waals surface area contributed by atoms with E-state index in [4.69, 9.17) is 11.6 Å². The number of hydrogen-bond acceptors (Lipinski definition) is 2. The average molecular weight is 311 g/mol. The quantitative estimate of drug-likeness (QED) is 0.857. The molecule has 1 atom stereocenters. The van der Waals surface area contributed by atoms with Crippen LogP contribution in [0.4, 0.5) is 4.39 Å². The third kappa shape index (κ3) is 3.22. The van der Waals surface area contributed by atoms with Crippen LogP contribution in [0.1, 0.15) is 30.1 Å².